The van der Waals surface area contributed by atoms with Gasteiger partial charge >= 0.3 is 5.82 Å². The number of nitro groups is 1. The third-order valence-corrected chi connectivity index (χ3v) is 3.87. The molecule has 0 atom stereocenters. The van der Waals surface area contributed by atoms with Gasteiger partial charge in [-0.15, -0.1) is 15.3 Å². The summed E-state index contributed by atoms with van der Waals surface area (Å²) in [6.07, 6.45) is 1.20. The molecule has 11 nitrogen and oxygen atoms in total. The van der Waals surface area contributed by atoms with E-state index in [0.29, 0.717) is 17.3 Å². The summed E-state index contributed by atoms with van der Waals surface area (Å²) in [4.78, 5) is 18.7. The Morgan fingerprint density at radius 3 is 2.56 bits per heavy atom. The molecule has 0 bridgehead atoms. The van der Waals surface area contributed by atoms with Crippen molar-refractivity contribution < 1.29 is 4.92 Å². The maximum absolute atomic E-state index is 11.0. The Morgan fingerprint density at radius 1 is 1.16 bits per heavy atom. The molecule has 0 amide bonds. The van der Waals surface area contributed by atoms with Gasteiger partial charge in [0.05, 0.1) is 7.05 Å². The monoisotopic (exact) mass is 345 g/mol. The van der Waals surface area contributed by atoms with Gasteiger partial charge in [-0.1, -0.05) is 0 Å². The fourth-order valence-corrected chi connectivity index (χ4v) is 2.36. The van der Waals surface area contributed by atoms with Gasteiger partial charge in [0.25, 0.3) is 5.82 Å². The summed E-state index contributed by atoms with van der Waals surface area (Å²) in [5, 5.41) is 23.7. The Morgan fingerprint density at radius 2 is 1.92 bits per heavy atom. The summed E-state index contributed by atoms with van der Waals surface area (Å²) in [6.45, 7) is 1.69. The third kappa shape index (κ3) is 3.13. The number of imidazole rings is 1. The molecule has 25 heavy (non-hydrogen) atoms. The van der Waals surface area contributed by atoms with Crippen molar-refractivity contribution in [1.82, 2.24) is 34.3 Å². The molecule has 0 aromatic carbocycles. The lowest BCUT2D eigenvalue weighted by Gasteiger charge is -2.20. The molecule has 0 aliphatic carbocycles. The molecule has 0 aliphatic rings. The second-order valence-electron chi connectivity index (χ2n) is 5.97. The number of rotatable bonds is 6. The van der Waals surface area contributed by atoms with Gasteiger partial charge in [-0.3, -0.25) is 0 Å². The Kier molecular flexibility index (Phi) is 4.31. The van der Waals surface area contributed by atoms with Gasteiger partial charge in [0.1, 0.15) is 12.0 Å². The molecule has 132 valence electrons. The third-order valence-electron chi connectivity index (χ3n) is 3.87. The first-order valence-corrected chi connectivity index (χ1v) is 7.63. The van der Waals surface area contributed by atoms with Crippen molar-refractivity contribution in [3.8, 4) is 11.6 Å². The first-order valence-electron chi connectivity index (χ1n) is 7.63. The number of aromatic nitrogens is 6. The van der Waals surface area contributed by atoms with E-state index in [2.05, 4.69) is 25.2 Å². The summed E-state index contributed by atoms with van der Waals surface area (Å²) in [6, 6.07) is 3.67. The van der Waals surface area contributed by atoms with E-state index in [4.69, 9.17) is 0 Å². The minimum Gasteiger partial charge on any atom is -0.358 e. The van der Waals surface area contributed by atoms with Gasteiger partial charge < -0.3 is 19.9 Å². The van der Waals surface area contributed by atoms with E-state index in [0.717, 1.165) is 18.9 Å². The number of fused-ring (bicyclic) bond motifs is 1. The van der Waals surface area contributed by atoms with Crippen molar-refractivity contribution in [3.63, 3.8) is 0 Å². The summed E-state index contributed by atoms with van der Waals surface area (Å²) in [7, 11) is 7.54. The fourth-order valence-electron chi connectivity index (χ4n) is 2.36. The molecule has 0 spiro atoms. The van der Waals surface area contributed by atoms with Gasteiger partial charge in [0.2, 0.25) is 5.82 Å². The molecule has 0 aliphatic heterocycles. The van der Waals surface area contributed by atoms with Crippen LogP contribution in [0.15, 0.2) is 18.3 Å². The molecule has 3 heterocycles. The molecule has 0 fully saturated rings. The van der Waals surface area contributed by atoms with Crippen LogP contribution in [0, 0.1) is 10.1 Å². The molecule has 0 N–H and O–H groups in total. The molecule has 0 saturated carbocycles. The zero-order chi connectivity index (χ0) is 18.1. The van der Waals surface area contributed by atoms with Crippen molar-refractivity contribution in [2.75, 3.05) is 39.1 Å². The zero-order valence-electron chi connectivity index (χ0n) is 14.5. The van der Waals surface area contributed by atoms with Crippen LogP contribution in [-0.4, -0.2) is 73.4 Å². The lowest BCUT2D eigenvalue weighted by atomic mass is 10.4. The van der Waals surface area contributed by atoms with Crippen LogP contribution in [0.5, 0.6) is 0 Å². The van der Waals surface area contributed by atoms with E-state index in [1.807, 2.05) is 38.2 Å². The van der Waals surface area contributed by atoms with Gasteiger partial charge in [0.15, 0.2) is 5.65 Å². The Hall–Kier alpha value is -3.08. The second kappa shape index (κ2) is 6.43. The molecule has 11 heteroatoms. The predicted octanol–water partition coefficient (Wildman–Crippen LogP) is 0.431. The molecule has 0 radical (unpaired) electrons. The number of hydrogen-bond donors (Lipinski definition) is 0. The van der Waals surface area contributed by atoms with Crippen LogP contribution in [0.1, 0.15) is 0 Å². The van der Waals surface area contributed by atoms with E-state index in [-0.39, 0.29) is 5.82 Å². The van der Waals surface area contributed by atoms with Crippen molar-refractivity contribution in [3.05, 3.63) is 28.4 Å². The first-order chi connectivity index (χ1) is 11.9. The molecule has 3 rings (SSSR count). The Balaban J connectivity index is 2.00. The molecular formula is C14H19N9O2. The first kappa shape index (κ1) is 16.8. The van der Waals surface area contributed by atoms with Crippen LogP contribution in [0.2, 0.25) is 0 Å². The van der Waals surface area contributed by atoms with E-state index in [1.165, 1.54) is 10.8 Å². The van der Waals surface area contributed by atoms with E-state index < -0.39 is 4.92 Å². The van der Waals surface area contributed by atoms with Crippen LogP contribution in [0.25, 0.3) is 17.3 Å². The quantitative estimate of drug-likeness (QED) is 0.467. The van der Waals surface area contributed by atoms with Crippen molar-refractivity contribution in [2.45, 2.75) is 0 Å². The average molecular weight is 345 g/mol. The normalized spacial score (nSPS) is 11.4. The Labute approximate surface area is 143 Å². The maximum atomic E-state index is 11.0. The largest absolute Gasteiger partial charge is 0.358 e. The fraction of sp³-hybridized carbons (Fsp3) is 0.429. The maximum Gasteiger partial charge on any atom is 0.343 e. The molecule has 0 saturated heterocycles. The van der Waals surface area contributed by atoms with Crippen LogP contribution < -0.4 is 4.90 Å². The molecular weight excluding hydrogens is 326 g/mol. The number of likely N-dealkylation sites (N-methyl/N-ethyl adjacent to an activating group) is 2. The molecule has 3 aromatic heterocycles. The smallest absolute Gasteiger partial charge is 0.343 e. The highest BCUT2D eigenvalue weighted by molar-refractivity contribution is 5.55. The minimum atomic E-state index is -0.492. The average Bonchev–Trinajstić information content (AvgIpc) is 3.15. The topological polar surface area (TPSA) is 111 Å². The van der Waals surface area contributed by atoms with Crippen molar-refractivity contribution in [2.24, 2.45) is 7.05 Å². The lowest BCUT2D eigenvalue weighted by Crippen LogP contribution is -2.29. The summed E-state index contributed by atoms with van der Waals surface area (Å²) in [5.74, 6) is 1.32. The highest BCUT2D eigenvalue weighted by atomic mass is 16.6. The van der Waals surface area contributed by atoms with Crippen LogP contribution in [0.3, 0.4) is 0 Å². The van der Waals surface area contributed by atoms with Crippen molar-refractivity contribution >= 4 is 17.3 Å². The zero-order valence-corrected chi connectivity index (χ0v) is 14.5. The minimum absolute atomic E-state index is 0.119. The van der Waals surface area contributed by atoms with Gasteiger partial charge in [-0.25, -0.2) is 9.55 Å². The standard InChI is InChI=1S/C14H19N9O2/c1-19(2)7-8-20(3)11-6-5-10-16-17-14(22(10)18-11)13-15-9-12(21(13)4)23(24)25/h5-6,9H,7-8H2,1-4H3. The number of anilines is 1. The SMILES string of the molecule is CN(C)CCN(C)c1ccc2nnc(-c3ncc([N+](=O)[O-])n3C)n2n1. The van der Waals surface area contributed by atoms with Gasteiger partial charge in [-0.2, -0.15) is 4.52 Å². The van der Waals surface area contributed by atoms with Gasteiger partial charge in [0, 0.05) is 20.1 Å². The Bertz CT molecular complexity index is 914. The van der Waals surface area contributed by atoms with Gasteiger partial charge in [-0.05, 0) is 31.2 Å². The van der Waals surface area contributed by atoms with E-state index in [9.17, 15) is 10.1 Å². The van der Waals surface area contributed by atoms with Crippen LogP contribution in [-0.2, 0) is 7.05 Å². The summed E-state index contributed by atoms with van der Waals surface area (Å²) in [5.41, 5.74) is 0.547. The number of nitrogens with zero attached hydrogens (tertiary/aromatic N) is 9. The summed E-state index contributed by atoms with van der Waals surface area (Å²) >= 11 is 0. The highest BCUT2D eigenvalue weighted by Gasteiger charge is 2.23. The van der Waals surface area contributed by atoms with E-state index in [1.54, 1.807) is 11.6 Å². The van der Waals surface area contributed by atoms with E-state index >= 15 is 0 Å². The molecule has 3 aromatic rings. The highest BCUT2D eigenvalue weighted by Crippen LogP contribution is 2.22. The van der Waals surface area contributed by atoms with Crippen molar-refractivity contribution in [1.29, 1.82) is 0 Å². The number of hydrogen-bond acceptors (Lipinski definition) is 8. The second-order valence-corrected chi connectivity index (χ2v) is 5.97. The predicted molar refractivity (Wildman–Crippen MR) is 91.5 cm³/mol. The molecule has 0 unspecified atom stereocenters. The summed E-state index contributed by atoms with van der Waals surface area (Å²) < 4.78 is 2.91. The van der Waals surface area contributed by atoms with Crippen LogP contribution >= 0.6 is 0 Å². The lowest BCUT2D eigenvalue weighted by molar-refractivity contribution is -0.391. The van der Waals surface area contributed by atoms with Crippen LogP contribution in [0.4, 0.5) is 11.6 Å².